The van der Waals surface area contributed by atoms with Crippen LogP contribution in [0.4, 0.5) is 5.69 Å². The molecule has 0 radical (unpaired) electrons. The highest BCUT2D eigenvalue weighted by Gasteiger charge is 2.15. The Bertz CT molecular complexity index is 944. The van der Waals surface area contributed by atoms with E-state index in [2.05, 4.69) is 21.2 Å². The first-order valence-corrected chi connectivity index (χ1v) is 9.00. The van der Waals surface area contributed by atoms with Crippen molar-refractivity contribution in [2.45, 2.75) is 0 Å². The molecule has 0 aliphatic carbocycles. The molecule has 4 nitrogen and oxygen atoms in total. The topological polar surface area (TPSA) is 58.6 Å². The van der Waals surface area contributed by atoms with Crippen LogP contribution >= 0.6 is 39.1 Å². The molecule has 3 aromatic carbocycles. The van der Waals surface area contributed by atoms with E-state index in [0.717, 1.165) is 4.47 Å². The average molecular weight is 453 g/mol. The zero-order valence-electron chi connectivity index (χ0n) is 13.2. The maximum atomic E-state index is 12.3. The van der Waals surface area contributed by atoms with Crippen molar-refractivity contribution >= 4 is 50.7 Å². The fourth-order valence-electron chi connectivity index (χ4n) is 2.18. The van der Waals surface area contributed by atoms with Gasteiger partial charge < -0.3 is 15.2 Å². The molecule has 0 heterocycles. The summed E-state index contributed by atoms with van der Waals surface area (Å²) in [5.41, 5.74) is 0.534. The number of amides is 1. The molecule has 0 atom stereocenters. The van der Waals surface area contributed by atoms with Gasteiger partial charge in [0.05, 0.1) is 10.6 Å². The summed E-state index contributed by atoms with van der Waals surface area (Å²) in [4.78, 5) is 12.3. The number of hydrogen-bond acceptors (Lipinski definition) is 3. The lowest BCUT2D eigenvalue weighted by Gasteiger charge is -2.10. The molecule has 1 amide bonds. The second kappa shape index (κ2) is 7.99. The highest BCUT2D eigenvalue weighted by Crippen LogP contribution is 2.32. The van der Waals surface area contributed by atoms with E-state index in [9.17, 15) is 9.90 Å². The van der Waals surface area contributed by atoms with E-state index in [1.165, 1.54) is 12.1 Å². The van der Waals surface area contributed by atoms with Crippen molar-refractivity contribution in [2.75, 3.05) is 5.32 Å². The Hall–Kier alpha value is -2.21. The predicted octanol–water partition coefficient (Wildman–Crippen LogP) is 6.51. The first kappa shape index (κ1) is 18.6. The first-order valence-electron chi connectivity index (χ1n) is 7.45. The van der Waals surface area contributed by atoms with Crippen molar-refractivity contribution in [3.05, 3.63) is 80.7 Å². The minimum Gasteiger partial charge on any atom is -0.506 e. The fourth-order valence-corrected chi connectivity index (χ4v) is 2.94. The summed E-state index contributed by atoms with van der Waals surface area (Å²) in [5, 5.41) is 12.9. The van der Waals surface area contributed by atoms with Gasteiger partial charge in [-0.05, 0) is 60.7 Å². The van der Waals surface area contributed by atoms with Gasteiger partial charge >= 0.3 is 0 Å². The number of carbonyl (C=O) groups is 1. The Morgan fingerprint density at radius 3 is 2.15 bits per heavy atom. The SMILES string of the molecule is O=C(Nc1ccc(Oc2ccc(Br)cc2)cc1)c1cc(Cl)cc(Cl)c1O. The summed E-state index contributed by atoms with van der Waals surface area (Å²) in [7, 11) is 0. The lowest BCUT2D eigenvalue weighted by Crippen LogP contribution is -2.12. The molecular weight excluding hydrogens is 441 g/mol. The molecule has 2 N–H and O–H groups in total. The molecule has 0 aromatic heterocycles. The third kappa shape index (κ3) is 4.49. The Balaban J connectivity index is 1.71. The molecule has 26 heavy (non-hydrogen) atoms. The van der Waals surface area contributed by atoms with Gasteiger partial charge in [-0.25, -0.2) is 0 Å². The van der Waals surface area contributed by atoms with E-state index in [1.807, 2.05) is 24.3 Å². The molecule has 0 bridgehead atoms. The van der Waals surface area contributed by atoms with Gasteiger partial charge in [-0.15, -0.1) is 0 Å². The minimum absolute atomic E-state index is 0.00214. The molecule has 3 aromatic rings. The highest BCUT2D eigenvalue weighted by molar-refractivity contribution is 9.10. The van der Waals surface area contributed by atoms with Gasteiger partial charge in [-0.3, -0.25) is 4.79 Å². The van der Waals surface area contributed by atoms with Crippen molar-refractivity contribution in [2.24, 2.45) is 0 Å². The standard InChI is InChI=1S/C19H12BrCl2NO3/c20-11-1-5-14(6-2-11)26-15-7-3-13(4-8-15)23-19(25)16-9-12(21)10-17(22)18(16)24/h1-10,24H,(H,23,25). The average Bonchev–Trinajstić information content (AvgIpc) is 2.61. The molecule has 3 rings (SSSR count). The molecule has 0 spiro atoms. The zero-order valence-corrected chi connectivity index (χ0v) is 16.3. The summed E-state index contributed by atoms with van der Waals surface area (Å²) >= 11 is 15.1. The van der Waals surface area contributed by atoms with Crippen LogP contribution in [0.15, 0.2) is 65.1 Å². The highest BCUT2D eigenvalue weighted by atomic mass is 79.9. The number of nitrogens with one attached hydrogen (secondary N) is 1. The largest absolute Gasteiger partial charge is 0.506 e. The van der Waals surface area contributed by atoms with Gasteiger partial charge in [0.2, 0.25) is 0 Å². The van der Waals surface area contributed by atoms with Gasteiger partial charge in [0.25, 0.3) is 5.91 Å². The van der Waals surface area contributed by atoms with Crippen LogP contribution in [0.1, 0.15) is 10.4 Å². The number of hydrogen-bond donors (Lipinski definition) is 2. The van der Waals surface area contributed by atoms with E-state index in [1.54, 1.807) is 24.3 Å². The van der Waals surface area contributed by atoms with E-state index in [0.29, 0.717) is 17.2 Å². The van der Waals surface area contributed by atoms with Crippen LogP contribution in [-0.2, 0) is 0 Å². The molecule has 0 fully saturated rings. The predicted molar refractivity (Wildman–Crippen MR) is 107 cm³/mol. The molecule has 0 aliphatic heterocycles. The molecule has 0 saturated heterocycles. The van der Waals surface area contributed by atoms with Crippen LogP contribution in [0.3, 0.4) is 0 Å². The van der Waals surface area contributed by atoms with Crippen LogP contribution in [0.5, 0.6) is 17.2 Å². The van der Waals surface area contributed by atoms with E-state index in [4.69, 9.17) is 27.9 Å². The minimum atomic E-state index is -0.520. The summed E-state index contributed by atoms with van der Waals surface area (Å²) in [6.07, 6.45) is 0. The molecular formula is C19H12BrCl2NO3. The second-order valence-corrected chi connectivity index (χ2v) is 7.08. The Kier molecular flexibility index (Phi) is 5.71. The van der Waals surface area contributed by atoms with E-state index < -0.39 is 5.91 Å². The summed E-state index contributed by atoms with van der Waals surface area (Å²) in [6.45, 7) is 0. The maximum Gasteiger partial charge on any atom is 0.259 e. The van der Waals surface area contributed by atoms with Gasteiger partial charge in [-0.1, -0.05) is 39.1 Å². The number of rotatable bonds is 4. The normalized spacial score (nSPS) is 10.4. The second-order valence-electron chi connectivity index (χ2n) is 5.32. The van der Waals surface area contributed by atoms with Crippen LogP contribution in [-0.4, -0.2) is 11.0 Å². The molecule has 7 heteroatoms. The van der Waals surface area contributed by atoms with Gasteiger partial charge in [0.15, 0.2) is 0 Å². The number of anilines is 1. The van der Waals surface area contributed by atoms with Crippen molar-refractivity contribution in [3.63, 3.8) is 0 Å². The maximum absolute atomic E-state index is 12.3. The number of halogens is 3. The van der Waals surface area contributed by atoms with Crippen molar-refractivity contribution < 1.29 is 14.6 Å². The number of carbonyl (C=O) groups excluding carboxylic acids is 1. The first-order chi connectivity index (χ1) is 12.4. The Morgan fingerprint density at radius 2 is 1.54 bits per heavy atom. The smallest absolute Gasteiger partial charge is 0.259 e. The number of ether oxygens (including phenoxy) is 1. The van der Waals surface area contributed by atoms with Gasteiger partial charge in [-0.2, -0.15) is 0 Å². The molecule has 132 valence electrons. The van der Waals surface area contributed by atoms with Gasteiger partial charge in [0.1, 0.15) is 17.2 Å². The van der Waals surface area contributed by atoms with E-state index >= 15 is 0 Å². The van der Waals surface area contributed by atoms with Crippen molar-refractivity contribution in [1.82, 2.24) is 0 Å². The lowest BCUT2D eigenvalue weighted by atomic mass is 10.2. The van der Waals surface area contributed by atoms with Crippen LogP contribution in [0.2, 0.25) is 10.0 Å². The number of benzene rings is 3. The monoisotopic (exact) mass is 451 g/mol. The van der Waals surface area contributed by atoms with Gasteiger partial charge in [0, 0.05) is 15.2 Å². The Labute approximate surface area is 168 Å². The summed E-state index contributed by atoms with van der Waals surface area (Å²) < 4.78 is 6.69. The van der Waals surface area contributed by atoms with Crippen LogP contribution in [0, 0.1) is 0 Å². The fraction of sp³-hybridized carbons (Fsp3) is 0. The third-order valence-electron chi connectivity index (χ3n) is 3.43. The lowest BCUT2D eigenvalue weighted by molar-refractivity contribution is 0.102. The van der Waals surface area contributed by atoms with Crippen LogP contribution in [0.25, 0.3) is 0 Å². The zero-order chi connectivity index (χ0) is 18.7. The number of phenols is 1. The molecule has 0 unspecified atom stereocenters. The number of aromatic hydroxyl groups is 1. The van der Waals surface area contributed by atoms with Crippen LogP contribution < -0.4 is 10.1 Å². The van der Waals surface area contributed by atoms with Crippen molar-refractivity contribution in [1.29, 1.82) is 0 Å². The summed E-state index contributed by atoms with van der Waals surface area (Å²) in [6, 6.07) is 17.0. The molecule has 0 aliphatic rings. The third-order valence-corrected chi connectivity index (χ3v) is 4.47. The van der Waals surface area contributed by atoms with E-state index in [-0.39, 0.29) is 21.4 Å². The number of phenolic OH excluding ortho intramolecular Hbond substituents is 1. The quantitative estimate of drug-likeness (QED) is 0.474. The Morgan fingerprint density at radius 1 is 0.962 bits per heavy atom. The summed E-state index contributed by atoms with van der Waals surface area (Å²) in [5.74, 6) is 0.486. The van der Waals surface area contributed by atoms with Crippen molar-refractivity contribution in [3.8, 4) is 17.2 Å². The molecule has 0 saturated carbocycles.